The first-order valence-corrected chi connectivity index (χ1v) is 14.7. The monoisotopic (exact) mass is 548 g/mol. The summed E-state index contributed by atoms with van der Waals surface area (Å²) in [5, 5.41) is 54.8. The molecule has 9 nitrogen and oxygen atoms in total. The first kappa shape index (κ1) is 27.8. The van der Waals surface area contributed by atoms with Gasteiger partial charge in [-0.15, -0.1) is 0 Å². The van der Waals surface area contributed by atoms with Crippen molar-refractivity contribution in [3.63, 3.8) is 0 Å². The number of fused-ring (bicyclic) bond motifs is 5. The summed E-state index contributed by atoms with van der Waals surface area (Å²) in [6, 6.07) is 3.24. The van der Waals surface area contributed by atoms with Gasteiger partial charge in [0.2, 0.25) is 0 Å². The van der Waals surface area contributed by atoms with Gasteiger partial charge >= 0.3 is 5.63 Å². The van der Waals surface area contributed by atoms with Crippen LogP contribution in [0.2, 0.25) is 0 Å². The molecule has 0 aromatic carbocycles. The highest BCUT2D eigenvalue weighted by atomic mass is 16.7. The Labute approximate surface area is 229 Å². The van der Waals surface area contributed by atoms with E-state index < -0.39 is 47.8 Å². The van der Waals surface area contributed by atoms with Crippen LogP contribution >= 0.6 is 0 Å². The smallest absolute Gasteiger partial charge is 0.335 e. The molecule has 1 saturated heterocycles. The molecule has 0 spiro atoms. The van der Waals surface area contributed by atoms with Crippen molar-refractivity contribution in [3.8, 4) is 0 Å². The topological polar surface area (TPSA) is 150 Å². The van der Waals surface area contributed by atoms with Crippen LogP contribution in [0.5, 0.6) is 0 Å². The van der Waals surface area contributed by atoms with Gasteiger partial charge < -0.3 is 39.4 Å². The van der Waals surface area contributed by atoms with Crippen LogP contribution in [0.4, 0.5) is 0 Å². The van der Waals surface area contributed by atoms with Gasteiger partial charge in [0.25, 0.3) is 0 Å². The molecule has 1 aliphatic heterocycles. The molecule has 218 valence electrons. The molecule has 39 heavy (non-hydrogen) atoms. The first-order chi connectivity index (χ1) is 18.4. The van der Waals surface area contributed by atoms with E-state index in [9.17, 15) is 30.3 Å². The largest absolute Gasteiger partial charge is 0.431 e. The molecule has 0 amide bonds. The van der Waals surface area contributed by atoms with Gasteiger partial charge in [0.15, 0.2) is 6.29 Å². The molecule has 0 radical (unpaired) electrons. The second-order valence-electron chi connectivity index (χ2n) is 13.7. The molecular formula is C30H44O9. The van der Waals surface area contributed by atoms with E-state index in [2.05, 4.69) is 13.8 Å². The number of aliphatic hydroxyl groups excluding tert-OH is 4. The third-order valence-corrected chi connectivity index (χ3v) is 12.0. The predicted octanol–water partition coefficient (Wildman–Crippen LogP) is 2.06. The SMILES string of the molecule is C[C@@H]1O[C@@H](O[C@H]2CC[C@@]3(C)[C@H](CC[C@@H]4[C@@H]3[C@H](O)C[C@]3(C)[C@@H](c5ccc(=O)oc5)CC[C@]43O)C2)[C@H](O)[C@H](O)[C@H]1O. The van der Waals surface area contributed by atoms with Crippen molar-refractivity contribution in [2.45, 2.75) is 127 Å². The lowest BCUT2D eigenvalue weighted by Crippen LogP contribution is -2.66. The van der Waals surface area contributed by atoms with E-state index in [4.69, 9.17) is 13.9 Å². The molecule has 1 aromatic heterocycles. The van der Waals surface area contributed by atoms with Crippen molar-refractivity contribution in [3.05, 3.63) is 34.4 Å². The first-order valence-electron chi connectivity index (χ1n) is 14.7. The zero-order valence-corrected chi connectivity index (χ0v) is 23.1. The Kier molecular flexibility index (Phi) is 6.86. The number of ether oxygens (including phenoxy) is 2. The van der Waals surface area contributed by atoms with Gasteiger partial charge in [0.05, 0.1) is 30.2 Å². The second kappa shape index (κ2) is 9.61. The van der Waals surface area contributed by atoms with Crippen LogP contribution in [0.15, 0.2) is 27.6 Å². The maximum Gasteiger partial charge on any atom is 0.335 e. The second-order valence-corrected chi connectivity index (χ2v) is 13.7. The summed E-state index contributed by atoms with van der Waals surface area (Å²) in [6.45, 7) is 6.03. The standard InChI is InChI=1S/C30H44O9/c1-15-24(33)25(34)26(35)27(38-15)39-18-8-10-28(2)17(12-18)5-6-20-23(28)21(31)13-29(3)19(9-11-30(20,29)36)16-4-7-22(32)37-14-16/h4,7,14-15,17-21,23-27,31,33-36H,5-6,8-13H2,1-3H3/t15-,17+,18-,19+,20+,21+,23+,24-,25+,26+,27-,28-,29+,30-/m0/s1. The maximum atomic E-state index is 12.4. The Balaban J connectivity index is 1.20. The van der Waals surface area contributed by atoms with Crippen molar-refractivity contribution in [1.82, 2.24) is 0 Å². The van der Waals surface area contributed by atoms with Gasteiger partial charge in [0.1, 0.15) is 18.3 Å². The van der Waals surface area contributed by atoms with Gasteiger partial charge in [-0.05, 0) is 99.0 Å². The van der Waals surface area contributed by atoms with Crippen molar-refractivity contribution in [1.29, 1.82) is 0 Å². The molecule has 2 heterocycles. The molecule has 5 N–H and O–H groups in total. The third-order valence-electron chi connectivity index (χ3n) is 12.0. The number of hydrogen-bond donors (Lipinski definition) is 5. The quantitative estimate of drug-likeness (QED) is 0.358. The average Bonchev–Trinajstić information content (AvgIpc) is 3.17. The third kappa shape index (κ3) is 4.10. The van der Waals surface area contributed by atoms with Gasteiger partial charge in [-0.3, -0.25) is 0 Å². The van der Waals surface area contributed by atoms with Gasteiger partial charge in [-0.25, -0.2) is 4.79 Å². The van der Waals surface area contributed by atoms with E-state index in [1.54, 1.807) is 13.0 Å². The molecule has 5 fully saturated rings. The van der Waals surface area contributed by atoms with Crippen LogP contribution in [0.3, 0.4) is 0 Å². The summed E-state index contributed by atoms with van der Waals surface area (Å²) in [5.41, 5.74) is -1.07. The van der Waals surface area contributed by atoms with Crippen LogP contribution in [0.25, 0.3) is 0 Å². The summed E-state index contributed by atoms with van der Waals surface area (Å²) < 4.78 is 17.0. The fourth-order valence-electron chi connectivity index (χ4n) is 9.83. The predicted molar refractivity (Wildman–Crippen MR) is 140 cm³/mol. The molecule has 0 bridgehead atoms. The van der Waals surface area contributed by atoms with Crippen molar-refractivity contribution >= 4 is 0 Å². The van der Waals surface area contributed by atoms with Crippen molar-refractivity contribution in [2.75, 3.05) is 0 Å². The normalized spacial score (nSPS) is 53.5. The summed E-state index contributed by atoms with van der Waals surface area (Å²) in [4.78, 5) is 11.6. The lowest BCUT2D eigenvalue weighted by atomic mass is 9.42. The number of hydrogen-bond acceptors (Lipinski definition) is 9. The van der Waals surface area contributed by atoms with E-state index in [1.807, 2.05) is 0 Å². The van der Waals surface area contributed by atoms with Crippen molar-refractivity contribution in [2.24, 2.45) is 28.6 Å². The van der Waals surface area contributed by atoms with Gasteiger partial charge in [-0.2, -0.15) is 0 Å². The molecule has 4 aliphatic carbocycles. The van der Waals surface area contributed by atoms with E-state index in [0.29, 0.717) is 12.8 Å². The maximum absolute atomic E-state index is 12.4. The number of rotatable bonds is 3. The highest BCUT2D eigenvalue weighted by Crippen LogP contribution is 2.70. The highest BCUT2D eigenvalue weighted by molar-refractivity contribution is 5.28. The minimum atomic E-state index is -1.32. The Hall–Kier alpha value is -1.33. The van der Waals surface area contributed by atoms with Gasteiger partial charge in [0, 0.05) is 11.5 Å². The molecule has 6 rings (SSSR count). The Morgan fingerprint density at radius 2 is 1.74 bits per heavy atom. The lowest BCUT2D eigenvalue weighted by Gasteiger charge is -2.65. The Morgan fingerprint density at radius 1 is 0.974 bits per heavy atom. The van der Waals surface area contributed by atoms with Crippen LogP contribution < -0.4 is 5.63 Å². The highest BCUT2D eigenvalue weighted by Gasteiger charge is 2.69. The summed E-state index contributed by atoms with van der Waals surface area (Å²) >= 11 is 0. The van der Waals surface area contributed by atoms with E-state index in [0.717, 1.165) is 44.1 Å². The Morgan fingerprint density at radius 3 is 2.46 bits per heavy atom. The van der Waals surface area contributed by atoms with Crippen LogP contribution in [-0.4, -0.2) is 74.0 Å². The summed E-state index contributed by atoms with van der Waals surface area (Å²) in [5.74, 6) is 0.243. The fourth-order valence-corrected chi connectivity index (χ4v) is 9.83. The van der Waals surface area contributed by atoms with Crippen LogP contribution in [0.1, 0.15) is 83.6 Å². The average molecular weight is 549 g/mol. The fraction of sp³-hybridized carbons (Fsp3) is 0.833. The van der Waals surface area contributed by atoms with Crippen molar-refractivity contribution < 1.29 is 39.4 Å². The molecular weight excluding hydrogens is 504 g/mol. The molecule has 5 aliphatic rings. The zero-order valence-electron chi connectivity index (χ0n) is 23.1. The minimum Gasteiger partial charge on any atom is -0.431 e. The van der Waals surface area contributed by atoms with E-state index in [-0.39, 0.29) is 40.8 Å². The van der Waals surface area contributed by atoms with Gasteiger partial charge in [-0.1, -0.05) is 13.8 Å². The molecule has 1 aromatic rings. The van der Waals surface area contributed by atoms with Crippen LogP contribution in [-0.2, 0) is 9.47 Å². The molecule has 9 heteroatoms. The molecule has 0 unspecified atom stereocenters. The summed E-state index contributed by atoms with van der Waals surface area (Å²) in [6.07, 6.45) is 1.36. The number of aliphatic hydroxyl groups is 5. The summed E-state index contributed by atoms with van der Waals surface area (Å²) in [7, 11) is 0. The molecule has 4 saturated carbocycles. The van der Waals surface area contributed by atoms with E-state index in [1.165, 1.54) is 12.3 Å². The molecule has 14 atom stereocenters. The van der Waals surface area contributed by atoms with E-state index >= 15 is 0 Å². The van der Waals surface area contributed by atoms with Crippen LogP contribution in [0, 0.1) is 28.6 Å². The minimum absolute atomic E-state index is 0.00953. The Bertz CT molecular complexity index is 1100. The zero-order chi connectivity index (χ0) is 27.9. The lowest BCUT2D eigenvalue weighted by molar-refractivity contribution is -0.311.